The second-order valence-corrected chi connectivity index (χ2v) is 11.5. The Kier molecular flexibility index (Phi) is 7.44. The predicted octanol–water partition coefficient (Wildman–Crippen LogP) is 5.58. The molecule has 6 heteroatoms. The van der Waals surface area contributed by atoms with Crippen LogP contribution in [0.4, 0.5) is 0 Å². The van der Waals surface area contributed by atoms with Crippen molar-refractivity contribution in [2.75, 3.05) is 19.6 Å². The molecular formula is C37H34N4O2. The molecule has 0 bridgehead atoms. The Morgan fingerprint density at radius 1 is 0.837 bits per heavy atom. The number of hydrogen-bond acceptors (Lipinski definition) is 4. The second kappa shape index (κ2) is 11.8. The fourth-order valence-electron chi connectivity index (χ4n) is 6.65. The van der Waals surface area contributed by atoms with Crippen molar-refractivity contribution in [2.24, 2.45) is 0 Å². The molecule has 0 saturated carbocycles. The zero-order chi connectivity index (χ0) is 29.2. The quantitative estimate of drug-likeness (QED) is 0.270. The minimum atomic E-state index is -0.403. The Bertz CT molecular complexity index is 1740. The molecule has 0 spiro atoms. The van der Waals surface area contributed by atoms with Crippen LogP contribution in [0.15, 0.2) is 116 Å². The van der Waals surface area contributed by atoms with E-state index >= 15 is 0 Å². The van der Waals surface area contributed by atoms with E-state index in [1.54, 1.807) is 12.4 Å². The van der Waals surface area contributed by atoms with E-state index in [0.29, 0.717) is 31.6 Å². The van der Waals surface area contributed by atoms with Gasteiger partial charge in [0.15, 0.2) is 0 Å². The van der Waals surface area contributed by atoms with Gasteiger partial charge < -0.3 is 15.5 Å². The Morgan fingerprint density at radius 3 is 2.26 bits per heavy atom. The number of amides is 2. The molecule has 43 heavy (non-hydrogen) atoms. The molecule has 2 atom stereocenters. The Labute approximate surface area is 251 Å². The standard InChI is InChI=1S/C37H34N4O2/c42-36(28-14-13-26-7-1-2-8-27(26)22-28)39-23-29-17-20-41(37(43)35(40-29)21-25-15-18-38-19-16-25)24-34-32-11-5-3-9-30(32)31-10-4-6-12-33(31)34/h1-16,18-19,22,29,34-35,40H,17,20-21,23-24H2,(H,39,42)/t29-,35?/m0/s1. The highest BCUT2D eigenvalue weighted by Gasteiger charge is 2.35. The summed E-state index contributed by atoms with van der Waals surface area (Å²) in [4.78, 5) is 33.5. The molecule has 1 aromatic heterocycles. The third-order valence-corrected chi connectivity index (χ3v) is 8.87. The van der Waals surface area contributed by atoms with Crippen LogP contribution in [0.3, 0.4) is 0 Å². The average Bonchev–Trinajstić information content (AvgIpc) is 3.29. The summed E-state index contributed by atoms with van der Waals surface area (Å²) < 4.78 is 0. The summed E-state index contributed by atoms with van der Waals surface area (Å²) in [5, 5.41) is 8.90. The number of fused-ring (bicyclic) bond motifs is 4. The van der Waals surface area contributed by atoms with Gasteiger partial charge >= 0.3 is 0 Å². The van der Waals surface area contributed by atoms with E-state index < -0.39 is 6.04 Å². The second-order valence-electron chi connectivity index (χ2n) is 11.5. The number of nitrogens with one attached hydrogen (secondary N) is 2. The summed E-state index contributed by atoms with van der Waals surface area (Å²) in [5.41, 5.74) is 6.75. The molecule has 1 fully saturated rings. The molecule has 1 saturated heterocycles. The lowest BCUT2D eigenvalue weighted by molar-refractivity contribution is -0.132. The van der Waals surface area contributed by atoms with Gasteiger partial charge in [0.05, 0.1) is 6.04 Å². The van der Waals surface area contributed by atoms with Crippen LogP contribution < -0.4 is 10.6 Å². The number of carbonyl (C=O) groups is 2. The minimum Gasteiger partial charge on any atom is -0.350 e. The Hall–Kier alpha value is -4.81. The Morgan fingerprint density at radius 2 is 1.51 bits per heavy atom. The van der Waals surface area contributed by atoms with Crippen molar-refractivity contribution in [1.29, 1.82) is 0 Å². The van der Waals surface area contributed by atoms with E-state index in [2.05, 4.69) is 64.1 Å². The summed E-state index contributed by atoms with van der Waals surface area (Å²) in [6, 6.07) is 34.4. The molecule has 1 aliphatic carbocycles. The fourth-order valence-corrected chi connectivity index (χ4v) is 6.65. The molecule has 5 aromatic rings. The van der Waals surface area contributed by atoms with Crippen LogP contribution >= 0.6 is 0 Å². The number of aromatic nitrogens is 1. The Balaban J connectivity index is 1.11. The van der Waals surface area contributed by atoms with Gasteiger partial charge in [-0.1, -0.05) is 78.9 Å². The summed E-state index contributed by atoms with van der Waals surface area (Å²) in [6.45, 7) is 1.68. The highest BCUT2D eigenvalue weighted by molar-refractivity contribution is 5.98. The number of rotatable bonds is 7. The maximum Gasteiger partial charge on any atom is 0.251 e. The molecule has 2 aliphatic rings. The molecule has 1 unspecified atom stereocenters. The van der Waals surface area contributed by atoms with Crippen LogP contribution in [0.1, 0.15) is 39.4 Å². The largest absolute Gasteiger partial charge is 0.350 e. The van der Waals surface area contributed by atoms with E-state index in [1.165, 1.54) is 22.3 Å². The van der Waals surface area contributed by atoms with Gasteiger partial charge in [0.2, 0.25) is 5.91 Å². The third-order valence-electron chi connectivity index (χ3n) is 8.87. The van der Waals surface area contributed by atoms with Crippen LogP contribution in [-0.2, 0) is 11.2 Å². The van der Waals surface area contributed by atoms with Crippen molar-refractivity contribution in [3.05, 3.63) is 138 Å². The van der Waals surface area contributed by atoms with Crippen molar-refractivity contribution >= 4 is 22.6 Å². The van der Waals surface area contributed by atoms with E-state index in [4.69, 9.17) is 0 Å². The molecule has 1 aliphatic heterocycles. The monoisotopic (exact) mass is 566 g/mol. The number of pyridine rings is 1. The first kappa shape index (κ1) is 27.0. The van der Waals surface area contributed by atoms with Gasteiger partial charge in [-0.15, -0.1) is 0 Å². The van der Waals surface area contributed by atoms with E-state index in [0.717, 1.165) is 22.8 Å². The highest BCUT2D eigenvalue weighted by atomic mass is 16.2. The van der Waals surface area contributed by atoms with Gasteiger partial charge in [0.1, 0.15) is 0 Å². The van der Waals surface area contributed by atoms with E-state index in [1.807, 2.05) is 59.5 Å². The third kappa shape index (κ3) is 5.54. The van der Waals surface area contributed by atoms with Gasteiger partial charge in [-0.3, -0.25) is 14.6 Å². The molecule has 4 aromatic carbocycles. The van der Waals surface area contributed by atoms with Crippen LogP contribution in [0.2, 0.25) is 0 Å². The van der Waals surface area contributed by atoms with Gasteiger partial charge in [0, 0.05) is 49.6 Å². The van der Waals surface area contributed by atoms with E-state index in [9.17, 15) is 9.59 Å². The van der Waals surface area contributed by atoms with Crippen molar-refractivity contribution < 1.29 is 9.59 Å². The molecule has 2 N–H and O–H groups in total. The van der Waals surface area contributed by atoms with Gasteiger partial charge in [-0.25, -0.2) is 0 Å². The molecule has 2 heterocycles. The van der Waals surface area contributed by atoms with Crippen molar-refractivity contribution in [2.45, 2.75) is 30.8 Å². The van der Waals surface area contributed by atoms with Crippen LogP contribution in [-0.4, -0.2) is 53.4 Å². The lowest BCUT2D eigenvalue weighted by atomic mass is 9.95. The van der Waals surface area contributed by atoms with Crippen molar-refractivity contribution in [3.8, 4) is 11.1 Å². The summed E-state index contributed by atoms with van der Waals surface area (Å²) in [5.74, 6) is 0.119. The average molecular weight is 567 g/mol. The number of hydrogen-bond donors (Lipinski definition) is 2. The molecule has 214 valence electrons. The number of carbonyl (C=O) groups excluding carboxylic acids is 2. The summed E-state index contributed by atoms with van der Waals surface area (Å²) in [7, 11) is 0. The zero-order valence-electron chi connectivity index (χ0n) is 23.9. The predicted molar refractivity (Wildman–Crippen MR) is 170 cm³/mol. The zero-order valence-corrected chi connectivity index (χ0v) is 23.9. The normalized spacial score (nSPS) is 18.2. The first-order valence-corrected chi connectivity index (χ1v) is 15.0. The van der Waals surface area contributed by atoms with Crippen molar-refractivity contribution in [3.63, 3.8) is 0 Å². The molecule has 7 rings (SSSR count). The summed E-state index contributed by atoms with van der Waals surface area (Å²) in [6.07, 6.45) is 4.83. The maximum absolute atomic E-state index is 14.2. The van der Waals surface area contributed by atoms with Gasteiger partial charge in [0.25, 0.3) is 5.91 Å². The van der Waals surface area contributed by atoms with Crippen LogP contribution in [0.25, 0.3) is 21.9 Å². The SMILES string of the molecule is O=C(NC[C@@H]1CCN(CC2c3ccccc3-c3ccccc32)C(=O)C(Cc2ccncc2)N1)c1ccc2ccccc2c1. The first-order chi connectivity index (χ1) is 21.1. The molecule has 6 nitrogen and oxygen atoms in total. The van der Waals surface area contributed by atoms with E-state index in [-0.39, 0.29) is 23.8 Å². The van der Waals surface area contributed by atoms with Crippen molar-refractivity contribution in [1.82, 2.24) is 20.5 Å². The molecule has 2 amide bonds. The maximum atomic E-state index is 14.2. The number of benzene rings is 4. The first-order valence-electron chi connectivity index (χ1n) is 15.0. The van der Waals surface area contributed by atoms with Gasteiger partial charge in [-0.2, -0.15) is 0 Å². The van der Waals surface area contributed by atoms with Crippen LogP contribution in [0.5, 0.6) is 0 Å². The number of nitrogens with zero attached hydrogens (tertiary/aromatic N) is 2. The topological polar surface area (TPSA) is 74.3 Å². The van der Waals surface area contributed by atoms with Gasteiger partial charge in [-0.05, 0) is 75.7 Å². The smallest absolute Gasteiger partial charge is 0.251 e. The molecule has 0 radical (unpaired) electrons. The fraction of sp³-hybridized carbons (Fsp3) is 0.216. The minimum absolute atomic E-state index is 0.0478. The van der Waals surface area contributed by atoms with Crippen LogP contribution in [0, 0.1) is 0 Å². The molecular weight excluding hydrogens is 532 g/mol. The highest BCUT2D eigenvalue weighted by Crippen LogP contribution is 2.45. The lowest BCUT2D eigenvalue weighted by Crippen LogP contribution is -2.50. The summed E-state index contributed by atoms with van der Waals surface area (Å²) >= 11 is 0. The lowest BCUT2D eigenvalue weighted by Gasteiger charge is -2.28.